The molecule has 0 saturated heterocycles. The van der Waals surface area contributed by atoms with Crippen LogP contribution in [0.2, 0.25) is 5.02 Å². The summed E-state index contributed by atoms with van der Waals surface area (Å²) in [5.41, 5.74) is 2.67. The van der Waals surface area contributed by atoms with E-state index in [-0.39, 0.29) is 12.6 Å². The van der Waals surface area contributed by atoms with Crippen LogP contribution in [-0.4, -0.2) is 18.9 Å². The molecule has 1 aromatic heterocycles. The van der Waals surface area contributed by atoms with Gasteiger partial charge in [-0.1, -0.05) is 17.7 Å². The molecule has 132 valence electrons. The highest BCUT2D eigenvalue weighted by Gasteiger charge is 2.18. The number of aliphatic hydroxyl groups excluding tert-OH is 1. The molecule has 0 amide bonds. The van der Waals surface area contributed by atoms with Crippen molar-refractivity contribution in [1.82, 2.24) is 14.3 Å². The molecular formula is C18H20ClN3O2S. The van der Waals surface area contributed by atoms with Crippen LogP contribution in [0.25, 0.3) is 11.0 Å². The Morgan fingerprint density at radius 1 is 1.28 bits per heavy atom. The van der Waals surface area contributed by atoms with Crippen LogP contribution in [0.15, 0.2) is 47.4 Å². The molecule has 2 N–H and O–H groups in total. The van der Waals surface area contributed by atoms with Gasteiger partial charge in [0.1, 0.15) is 16.8 Å². The number of hydrogen-bond donors (Lipinski definition) is 2. The number of fused-ring (bicyclic) bond motifs is 1. The highest BCUT2D eigenvalue weighted by Crippen LogP contribution is 2.23. The number of aryl methyl sites for hydroxylation is 1. The molecule has 5 nitrogen and oxygen atoms in total. The van der Waals surface area contributed by atoms with Crippen molar-refractivity contribution in [3.05, 3.63) is 58.9 Å². The van der Waals surface area contributed by atoms with Gasteiger partial charge in [0.25, 0.3) is 0 Å². The quantitative estimate of drug-likeness (QED) is 0.690. The van der Waals surface area contributed by atoms with Crippen LogP contribution in [0, 0.1) is 0 Å². The molecule has 0 aliphatic carbocycles. The average Bonchev–Trinajstić information content (AvgIpc) is 2.99. The Morgan fingerprint density at radius 3 is 2.64 bits per heavy atom. The molecule has 0 radical (unpaired) electrons. The van der Waals surface area contributed by atoms with Crippen molar-refractivity contribution in [3.63, 3.8) is 0 Å². The predicted molar refractivity (Wildman–Crippen MR) is 101 cm³/mol. The summed E-state index contributed by atoms with van der Waals surface area (Å²) in [6.07, 6.45) is 0. The summed E-state index contributed by atoms with van der Waals surface area (Å²) in [6, 6.07) is 12.4. The van der Waals surface area contributed by atoms with E-state index >= 15 is 0 Å². The van der Waals surface area contributed by atoms with E-state index in [0.29, 0.717) is 9.92 Å². The molecule has 0 aliphatic rings. The molecule has 0 fully saturated rings. The number of nitrogens with one attached hydrogen (secondary N) is 1. The van der Waals surface area contributed by atoms with Crippen LogP contribution in [0.4, 0.5) is 0 Å². The zero-order valence-electron chi connectivity index (χ0n) is 14.1. The Bertz CT molecular complexity index is 909. The second-order valence-electron chi connectivity index (χ2n) is 5.76. The molecule has 25 heavy (non-hydrogen) atoms. The first-order chi connectivity index (χ1) is 12.0. The third-order valence-electron chi connectivity index (χ3n) is 4.04. The number of imidazole rings is 1. The van der Waals surface area contributed by atoms with Crippen LogP contribution in [0.5, 0.6) is 0 Å². The first-order valence-electron chi connectivity index (χ1n) is 8.07. The molecule has 2 atom stereocenters. The van der Waals surface area contributed by atoms with Crippen molar-refractivity contribution in [2.45, 2.75) is 37.9 Å². The van der Waals surface area contributed by atoms with Crippen LogP contribution in [-0.2, 0) is 24.1 Å². The highest BCUT2D eigenvalue weighted by atomic mass is 35.5. The third-order valence-corrected chi connectivity index (χ3v) is 5.56. The molecule has 3 rings (SSSR count). The minimum atomic E-state index is -1.36. The van der Waals surface area contributed by atoms with Crippen LogP contribution >= 0.6 is 11.6 Å². The van der Waals surface area contributed by atoms with E-state index in [1.165, 1.54) is 0 Å². The van der Waals surface area contributed by atoms with Gasteiger partial charge in [-0.15, -0.1) is 0 Å². The van der Waals surface area contributed by atoms with E-state index in [2.05, 4.69) is 14.3 Å². The number of aromatic nitrogens is 2. The highest BCUT2D eigenvalue weighted by molar-refractivity contribution is 7.83. The molecule has 1 heterocycles. The predicted octanol–water partition coefficient (Wildman–Crippen LogP) is 3.58. The summed E-state index contributed by atoms with van der Waals surface area (Å²) in [5.74, 6) is 0.815. The molecule has 0 spiro atoms. The monoisotopic (exact) mass is 377 g/mol. The van der Waals surface area contributed by atoms with E-state index < -0.39 is 11.0 Å². The lowest BCUT2D eigenvalue weighted by Crippen LogP contribution is -2.24. The van der Waals surface area contributed by atoms with Crippen molar-refractivity contribution in [2.75, 3.05) is 0 Å². The summed E-state index contributed by atoms with van der Waals surface area (Å²) >= 11 is 5.88. The minimum Gasteiger partial charge on any atom is -0.392 e. The fourth-order valence-corrected chi connectivity index (χ4v) is 3.86. The smallest absolute Gasteiger partial charge is 0.127 e. The van der Waals surface area contributed by atoms with Crippen molar-refractivity contribution in [1.29, 1.82) is 0 Å². The number of hydrogen-bond acceptors (Lipinski definition) is 3. The van der Waals surface area contributed by atoms with Gasteiger partial charge in [0.15, 0.2) is 0 Å². The van der Waals surface area contributed by atoms with Gasteiger partial charge in [-0.2, -0.15) is 0 Å². The second kappa shape index (κ2) is 7.66. The summed E-state index contributed by atoms with van der Waals surface area (Å²) < 4.78 is 17.7. The van der Waals surface area contributed by atoms with Gasteiger partial charge in [0.2, 0.25) is 0 Å². The number of benzene rings is 2. The number of rotatable bonds is 6. The van der Waals surface area contributed by atoms with E-state index in [9.17, 15) is 9.32 Å². The Hall–Kier alpha value is -1.73. The lowest BCUT2D eigenvalue weighted by atomic mass is 10.2. The Labute approximate surface area is 154 Å². The minimum absolute atomic E-state index is 0.00540. The lowest BCUT2D eigenvalue weighted by molar-refractivity contribution is 0.282. The molecule has 0 bridgehead atoms. The molecule has 1 unspecified atom stereocenters. The Morgan fingerprint density at radius 2 is 2.00 bits per heavy atom. The maximum absolute atomic E-state index is 12.5. The first-order valence-corrected chi connectivity index (χ1v) is 9.59. The second-order valence-corrected chi connectivity index (χ2v) is 7.44. The van der Waals surface area contributed by atoms with Gasteiger partial charge in [0.05, 0.1) is 28.6 Å². The fraction of sp³-hybridized carbons (Fsp3) is 0.278. The van der Waals surface area contributed by atoms with E-state index in [1.807, 2.05) is 32.0 Å². The maximum atomic E-state index is 12.5. The van der Waals surface area contributed by atoms with Gasteiger partial charge in [-0.25, -0.2) is 13.9 Å². The SMILES string of the molecule is CCn1c([C@@H](C)NS(=O)c2ccc(Cl)cc2)nc2ccc(CO)cc21. The average molecular weight is 378 g/mol. The Kier molecular flexibility index (Phi) is 5.54. The van der Waals surface area contributed by atoms with Gasteiger partial charge < -0.3 is 9.67 Å². The largest absolute Gasteiger partial charge is 0.392 e. The Balaban J connectivity index is 1.89. The zero-order chi connectivity index (χ0) is 18.0. The van der Waals surface area contributed by atoms with Crippen LogP contribution in [0.1, 0.15) is 31.3 Å². The van der Waals surface area contributed by atoms with E-state index in [4.69, 9.17) is 11.6 Å². The van der Waals surface area contributed by atoms with Crippen molar-refractivity contribution < 1.29 is 9.32 Å². The van der Waals surface area contributed by atoms with Gasteiger partial charge in [-0.05, 0) is 55.8 Å². The first kappa shape index (κ1) is 18.1. The molecular weight excluding hydrogens is 358 g/mol. The van der Waals surface area contributed by atoms with Crippen molar-refractivity contribution in [2.24, 2.45) is 0 Å². The topological polar surface area (TPSA) is 67.2 Å². The van der Waals surface area contributed by atoms with Crippen LogP contribution < -0.4 is 4.72 Å². The maximum Gasteiger partial charge on any atom is 0.127 e. The van der Waals surface area contributed by atoms with Gasteiger partial charge in [0, 0.05) is 11.6 Å². The van der Waals surface area contributed by atoms with Crippen molar-refractivity contribution in [3.8, 4) is 0 Å². The normalized spacial score (nSPS) is 13.9. The van der Waals surface area contributed by atoms with Crippen molar-refractivity contribution >= 4 is 33.6 Å². The van der Waals surface area contributed by atoms with Gasteiger partial charge in [-0.3, -0.25) is 0 Å². The lowest BCUT2D eigenvalue weighted by Gasteiger charge is -2.15. The fourth-order valence-electron chi connectivity index (χ4n) is 2.79. The third kappa shape index (κ3) is 3.77. The molecule has 7 heteroatoms. The molecule has 0 aliphatic heterocycles. The van der Waals surface area contributed by atoms with Gasteiger partial charge >= 0.3 is 0 Å². The zero-order valence-corrected chi connectivity index (χ0v) is 15.6. The summed E-state index contributed by atoms with van der Waals surface area (Å²) in [4.78, 5) is 5.35. The summed E-state index contributed by atoms with van der Waals surface area (Å²) in [5, 5.41) is 9.96. The van der Waals surface area contributed by atoms with E-state index in [1.54, 1.807) is 24.3 Å². The standard InChI is InChI=1S/C18H20ClN3O2S/c1-3-22-17-10-13(11-23)4-9-16(17)20-18(22)12(2)21-25(24)15-7-5-14(19)6-8-15/h4-10,12,21,23H,3,11H2,1-2H3/t12-,25?/m1/s1. The summed E-state index contributed by atoms with van der Waals surface area (Å²) in [6.45, 7) is 4.71. The number of nitrogens with zero attached hydrogens (tertiary/aromatic N) is 2. The number of halogens is 1. The molecule has 0 saturated carbocycles. The number of aliphatic hydroxyl groups is 1. The summed E-state index contributed by atoms with van der Waals surface area (Å²) in [7, 11) is -1.36. The molecule has 3 aromatic rings. The van der Waals surface area contributed by atoms with Crippen LogP contribution in [0.3, 0.4) is 0 Å². The molecule has 2 aromatic carbocycles. The van der Waals surface area contributed by atoms with E-state index in [0.717, 1.165) is 29.0 Å².